The summed E-state index contributed by atoms with van der Waals surface area (Å²) >= 11 is 0. The molecule has 13 rings (SSSR count). The van der Waals surface area contributed by atoms with Crippen molar-refractivity contribution in [2.24, 2.45) is 0 Å². The highest BCUT2D eigenvalue weighted by Crippen LogP contribution is 2.40. The minimum Gasteiger partial charge on any atom is -0.456 e. The number of aromatic nitrogens is 1. The van der Waals surface area contributed by atoms with Gasteiger partial charge in [-0.05, 0) is 134 Å². The van der Waals surface area contributed by atoms with Crippen LogP contribution in [-0.2, 0) is 0 Å². The molecule has 0 saturated carbocycles. The molecule has 2 aromatic heterocycles. The zero-order chi connectivity index (χ0) is 44.3. The molecule has 0 aliphatic heterocycles. The molecule has 3 heteroatoms. The Morgan fingerprint density at radius 3 is 1.37 bits per heavy atom. The third kappa shape index (κ3) is 6.76. The highest BCUT2D eigenvalue weighted by molar-refractivity contribution is 6.09. The number of rotatable bonds is 8. The fourth-order valence-corrected chi connectivity index (χ4v) is 10.1. The quantitative estimate of drug-likeness (QED) is 0.152. The molecule has 0 atom stereocenters. The van der Waals surface area contributed by atoms with Crippen LogP contribution in [-0.4, -0.2) is 4.57 Å². The molecule has 0 unspecified atom stereocenters. The lowest BCUT2D eigenvalue weighted by Crippen LogP contribution is -2.09. The fourth-order valence-electron chi connectivity index (χ4n) is 10.1. The first-order valence-corrected chi connectivity index (χ1v) is 22.9. The summed E-state index contributed by atoms with van der Waals surface area (Å²) in [7, 11) is 0. The molecule has 0 saturated heterocycles. The smallest absolute Gasteiger partial charge is 0.136 e. The third-order valence-electron chi connectivity index (χ3n) is 13.4. The number of nitrogens with zero attached hydrogens (tertiary/aromatic N) is 2. The van der Waals surface area contributed by atoms with Gasteiger partial charge in [0.15, 0.2) is 0 Å². The van der Waals surface area contributed by atoms with Gasteiger partial charge >= 0.3 is 0 Å². The normalized spacial score (nSPS) is 11.6. The lowest BCUT2D eigenvalue weighted by molar-refractivity contribution is 0.669. The second-order valence-electron chi connectivity index (χ2n) is 17.3. The summed E-state index contributed by atoms with van der Waals surface area (Å²) in [6, 6.07) is 91.9. The molecule has 0 bridgehead atoms. The first kappa shape index (κ1) is 38.5. The number of benzene rings is 11. The highest BCUT2D eigenvalue weighted by Gasteiger charge is 2.16. The van der Waals surface area contributed by atoms with E-state index in [1.807, 2.05) is 12.1 Å². The van der Waals surface area contributed by atoms with Crippen molar-refractivity contribution in [2.45, 2.75) is 0 Å². The van der Waals surface area contributed by atoms with E-state index in [0.717, 1.165) is 61.4 Å². The maximum atomic E-state index is 6.26. The average molecular weight is 855 g/mol. The average Bonchev–Trinajstić information content (AvgIpc) is 3.95. The van der Waals surface area contributed by atoms with E-state index in [-0.39, 0.29) is 0 Å². The summed E-state index contributed by atoms with van der Waals surface area (Å²) in [5.74, 6) is 0. The van der Waals surface area contributed by atoms with E-state index in [9.17, 15) is 0 Å². The molecular formula is C64H42N2O. The predicted octanol–water partition coefficient (Wildman–Crippen LogP) is 18.0. The molecule has 0 fully saturated rings. The molecule has 0 N–H and O–H groups in total. The number of para-hydroxylation sites is 3. The van der Waals surface area contributed by atoms with Crippen LogP contribution >= 0.6 is 0 Å². The van der Waals surface area contributed by atoms with Crippen molar-refractivity contribution >= 4 is 71.6 Å². The second-order valence-corrected chi connectivity index (χ2v) is 17.3. The van der Waals surface area contributed by atoms with Crippen LogP contribution in [0.2, 0.25) is 0 Å². The van der Waals surface area contributed by atoms with Gasteiger partial charge in [0.05, 0.1) is 11.0 Å². The Hall–Kier alpha value is -8.92. The molecule has 13 aromatic rings. The Kier molecular flexibility index (Phi) is 9.17. The molecule has 11 aromatic carbocycles. The Morgan fingerprint density at radius 1 is 0.284 bits per heavy atom. The molecule has 0 aliphatic carbocycles. The monoisotopic (exact) mass is 854 g/mol. The van der Waals surface area contributed by atoms with Crippen LogP contribution in [0.25, 0.3) is 105 Å². The molecule has 0 amide bonds. The molecular weight excluding hydrogens is 813 g/mol. The Morgan fingerprint density at radius 2 is 0.731 bits per heavy atom. The second kappa shape index (κ2) is 16.0. The minimum absolute atomic E-state index is 0.898. The van der Waals surface area contributed by atoms with Gasteiger partial charge in [-0.15, -0.1) is 0 Å². The standard InChI is InChI=1S/C64H42N2O/c1-2-15-55-47(11-1)12-10-19-56(55)48-31-38-53(39-32-48)65(52-36-29-46(30-37-52)50-33-40-60-59-18-5-8-22-63(59)67-64(60)42-50)51-34-27-44(28-35-51)43-23-25-45(26-24-43)49-13-9-14-54(41-49)66-61-20-6-3-16-57(61)58-17-4-7-21-62(58)66/h1-42H. The molecule has 314 valence electrons. The first-order chi connectivity index (χ1) is 33.2. The van der Waals surface area contributed by atoms with E-state index >= 15 is 0 Å². The number of anilines is 3. The summed E-state index contributed by atoms with van der Waals surface area (Å²) in [5.41, 5.74) is 18.0. The Bertz CT molecular complexity index is 3890. The molecule has 0 radical (unpaired) electrons. The van der Waals surface area contributed by atoms with Crippen molar-refractivity contribution in [1.82, 2.24) is 4.57 Å². The lowest BCUT2D eigenvalue weighted by atomic mass is 9.98. The van der Waals surface area contributed by atoms with Crippen LogP contribution < -0.4 is 4.90 Å². The molecule has 67 heavy (non-hydrogen) atoms. The van der Waals surface area contributed by atoms with E-state index < -0.39 is 0 Å². The lowest BCUT2D eigenvalue weighted by Gasteiger charge is -2.26. The topological polar surface area (TPSA) is 21.3 Å². The maximum Gasteiger partial charge on any atom is 0.136 e. The summed E-state index contributed by atoms with van der Waals surface area (Å²) in [4.78, 5) is 2.34. The highest BCUT2D eigenvalue weighted by atomic mass is 16.3. The van der Waals surface area contributed by atoms with Crippen molar-refractivity contribution in [3.8, 4) is 50.2 Å². The van der Waals surface area contributed by atoms with Crippen LogP contribution in [0.4, 0.5) is 17.1 Å². The van der Waals surface area contributed by atoms with Crippen LogP contribution in [0.5, 0.6) is 0 Å². The van der Waals surface area contributed by atoms with E-state index in [4.69, 9.17) is 4.42 Å². The van der Waals surface area contributed by atoms with E-state index in [1.54, 1.807) is 0 Å². The zero-order valence-corrected chi connectivity index (χ0v) is 36.6. The maximum absolute atomic E-state index is 6.26. The van der Waals surface area contributed by atoms with Crippen molar-refractivity contribution in [2.75, 3.05) is 4.90 Å². The van der Waals surface area contributed by atoms with E-state index in [1.165, 1.54) is 60.4 Å². The first-order valence-electron chi connectivity index (χ1n) is 22.9. The van der Waals surface area contributed by atoms with Gasteiger partial charge < -0.3 is 13.9 Å². The van der Waals surface area contributed by atoms with E-state index in [2.05, 4.69) is 252 Å². The third-order valence-corrected chi connectivity index (χ3v) is 13.4. The number of hydrogen-bond acceptors (Lipinski definition) is 2. The summed E-state index contributed by atoms with van der Waals surface area (Å²) < 4.78 is 8.64. The summed E-state index contributed by atoms with van der Waals surface area (Å²) in [6.07, 6.45) is 0. The number of furan rings is 1. The van der Waals surface area contributed by atoms with Crippen molar-refractivity contribution in [1.29, 1.82) is 0 Å². The van der Waals surface area contributed by atoms with Crippen molar-refractivity contribution < 1.29 is 4.42 Å². The summed E-state index contributed by atoms with van der Waals surface area (Å²) in [6.45, 7) is 0. The van der Waals surface area contributed by atoms with Gasteiger partial charge in [0.1, 0.15) is 11.2 Å². The van der Waals surface area contributed by atoms with E-state index in [0.29, 0.717) is 0 Å². The van der Waals surface area contributed by atoms with Gasteiger partial charge in [0, 0.05) is 44.3 Å². The van der Waals surface area contributed by atoms with Gasteiger partial charge in [-0.1, -0.05) is 176 Å². The van der Waals surface area contributed by atoms with Crippen molar-refractivity contribution in [3.63, 3.8) is 0 Å². The van der Waals surface area contributed by atoms with Gasteiger partial charge in [0.2, 0.25) is 0 Å². The van der Waals surface area contributed by atoms with Crippen LogP contribution in [0.3, 0.4) is 0 Å². The Balaban J connectivity index is 0.823. The molecule has 0 spiro atoms. The largest absolute Gasteiger partial charge is 0.456 e. The predicted molar refractivity (Wildman–Crippen MR) is 282 cm³/mol. The van der Waals surface area contributed by atoms with Gasteiger partial charge in [-0.25, -0.2) is 0 Å². The fraction of sp³-hybridized carbons (Fsp3) is 0. The molecule has 0 aliphatic rings. The van der Waals surface area contributed by atoms with Crippen LogP contribution in [0, 0.1) is 0 Å². The summed E-state index contributed by atoms with van der Waals surface area (Å²) in [5, 5.41) is 7.30. The number of fused-ring (bicyclic) bond motifs is 7. The van der Waals surface area contributed by atoms with Gasteiger partial charge in [0.25, 0.3) is 0 Å². The van der Waals surface area contributed by atoms with Gasteiger partial charge in [-0.3, -0.25) is 0 Å². The Labute approximate surface area is 388 Å². The van der Waals surface area contributed by atoms with Crippen LogP contribution in [0.1, 0.15) is 0 Å². The SMILES string of the molecule is c1cc(-c2ccc(-c3ccc(N(c4ccc(-c5ccc6c(c5)oc5ccccc56)cc4)c4ccc(-c5cccc6ccccc56)cc4)cc3)cc2)cc(-n2c3ccccc3c3ccccc32)c1. The van der Waals surface area contributed by atoms with Crippen molar-refractivity contribution in [3.05, 3.63) is 255 Å². The van der Waals surface area contributed by atoms with Crippen LogP contribution in [0.15, 0.2) is 259 Å². The van der Waals surface area contributed by atoms with Gasteiger partial charge in [-0.2, -0.15) is 0 Å². The molecule has 3 nitrogen and oxygen atoms in total. The minimum atomic E-state index is 0.898. The number of hydrogen-bond donors (Lipinski definition) is 0. The zero-order valence-electron chi connectivity index (χ0n) is 36.6. The molecule has 2 heterocycles.